The summed E-state index contributed by atoms with van der Waals surface area (Å²) in [5, 5.41) is 0.00551. The molecule has 0 unspecified atom stereocenters. The molecule has 1 aromatic rings. The molecule has 0 bridgehead atoms. The Morgan fingerprint density at radius 2 is 2.46 bits per heavy atom. The monoisotopic (exact) mass is 203 g/mol. The van der Waals surface area contributed by atoms with Crippen molar-refractivity contribution >= 4 is 17.6 Å². The van der Waals surface area contributed by atoms with E-state index in [1.807, 2.05) is 0 Å². The summed E-state index contributed by atoms with van der Waals surface area (Å²) in [6.45, 7) is 1.80. The zero-order valence-corrected chi connectivity index (χ0v) is 7.64. The van der Waals surface area contributed by atoms with Gasteiger partial charge in [0.05, 0.1) is 11.6 Å². The van der Waals surface area contributed by atoms with Crippen molar-refractivity contribution in [1.29, 1.82) is 0 Å². The van der Waals surface area contributed by atoms with Crippen LogP contribution in [0, 0.1) is 5.95 Å². The highest BCUT2D eigenvalue weighted by molar-refractivity contribution is 6.33. The molecule has 0 aromatic carbocycles. The minimum absolute atomic E-state index is 0.00551. The predicted molar refractivity (Wildman–Crippen MR) is 45.2 cm³/mol. The number of pyridine rings is 1. The van der Waals surface area contributed by atoms with E-state index >= 15 is 0 Å². The van der Waals surface area contributed by atoms with Gasteiger partial charge in [-0.25, -0.2) is 9.78 Å². The van der Waals surface area contributed by atoms with Gasteiger partial charge in [0, 0.05) is 6.20 Å². The number of nitrogens with zero attached hydrogens (tertiary/aromatic N) is 1. The number of hydrogen-bond donors (Lipinski definition) is 0. The van der Waals surface area contributed by atoms with E-state index in [2.05, 4.69) is 9.72 Å². The van der Waals surface area contributed by atoms with Crippen LogP contribution >= 0.6 is 11.6 Å². The van der Waals surface area contributed by atoms with E-state index in [9.17, 15) is 9.18 Å². The molecule has 70 valence electrons. The lowest BCUT2D eigenvalue weighted by Gasteiger charge is -2.03. The lowest BCUT2D eigenvalue weighted by atomic mass is 10.3. The average molecular weight is 204 g/mol. The minimum atomic E-state index is -0.911. The van der Waals surface area contributed by atoms with E-state index in [-0.39, 0.29) is 17.2 Å². The van der Waals surface area contributed by atoms with Crippen LogP contribution in [0.5, 0.6) is 0 Å². The molecule has 0 spiro atoms. The van der Waals surface area contributed by atoms with E-state index in [1.165, 1.54) is 12.3 Å². The number of esters is 1. The number of rotatable bonds is 2. The Labute approximate surface area is 79.5 Å². The van der Waals surface area contributed by atoms with Gasteiger partial charge in [0.2, 0.25) is 5.95 Å². The van der Waals surface area contributed by atoms with Gasteiger partial charge in [0.1, 0.15) is 5.56 Å². The normalized spacial score (nSPS) is 9.77. The second-order valence-corrected chi connectivity index (χ2v) is 2.59. The summed E-state index contributed by atoms with van der Waals surface area (Å²) in [5.74, 6) is -1.70. The molecule has 0 saturated carbocycles. The first-order chi connectivity index (χ1) is 6.16. The van der Waals surface area contributed by atoms with E-state index in [1.54, 1.807) is 6.92 Å². The van der Waals surface area contributed by atoms with Gasteiger partial charge in [0.25, 0.3) is 0 Å². The molecule has 0 aliphatic heterocycles. The van der Waals surface area contributed by atoms with Gasteiger partial charge >= 0.3 is 5.97 Å². The van der Waals surface area contributed by atoms with Crippen LogP contribution in [0.2, 0.25) is 5.02 Å². The van der Waals surface area contributed by atoms with Gasteiger partial charge in [-0.3, -0.25) is 0 Å². The van der Waals surface area contributed by atoms with E-state index in [4.69, 9.17) is 11.6 Å². The first-order valence-corrected chi connectivity index (χ1v) is 4.01. The fraction of sp³-hybridized carbons (Fsp3) is 0.250. The Morgan fingerprint density at radius 1 is 1.77 bits per heavy atom. The van der Waals surface area contributed by atoms with Crippen molar-refractivity contribution in [2.75, 3.05) is 6.61 Å². The summed E-state index contributed by atoms with van der Waals surface area (Å²) in [4.78, 5) is 14.4. The fourth-order valence-corrected chi connectivity index (χ4v) is 1.01. The van der Waals surface area contributed by atoms with Crippen molar-refractivity contribution in [2.45, 2.75) is 6.92 Å². The lowest BCUT2D eigenvalue weighted by molar-refractivity contribution is 0.0520. The molecule has 0 atom stereocenters. The highest BCUT2D eigenvalue weighted by atomic mass is 35.5. The van der Waals surface area contributed by atoms with Gasteiger partial charge in [-0.15, -0.1) is 0 Å². The van der Waals surface area contributed by atoms with Crippen LogP contribution in [-0.2, 0) is 4.74 Å². The van der Waals surface area contributed by atoms with Gasteiger partial charge in [0.15, 0.2) is 0 Å². The number of aromatic nitrogens is 1. The summed E-state index contributed by atoms with van der Waals surface area (Å²) in [6.07, 6.45) is 1.18. The highest BCUT2D eigenvalue weighted by Crippen LogP contribution is 2.17. The molecular weight excluding hydrogens is 197 g/mol. The van der Waals surface area contributed by atoms with Crippen LogP contribution in [0.15, 0.2) is 12.3 Å². The second-order valence-electron chi connectivity index (χ2n) is 2.18. The van der Waals surface area contributed by atoms with Crippen molar-refractivity contribution in [2.24, 2.45) is 0 Å². The summed E-state index contributed by atoms with van der Waals surface area (Å²) in [6, 6.07) is 1.33. The fourth-order valence-electron chi connectivity index (χ4n) is 0.800. The molecule has 0 N–H and O–H groups in total. The van der Waals surface area contributed by atoms with E-state index in [0.717, 1.165) is 0 Å². The van der Waals surface area contributed by atoms with Crippen LogP contribution in [-0.4, -0.2) is 17.6 Å². The van der Waals surface area contributed by atoms with Gasteiger partial charge in [-0.05, 0) is 13.0 Å². The Balaban J connectivity index is 3.05. The van der Waals surface area contributed by atoms with Crippen LogP contribution < -0.4 is 0 Å². The molecule has 0 aliphatic rings. The third kappa shape index (κ3) is 2.15. The summed E-state index contributed by atoms with van der Waals surface area (Å²) in [5.41, 5.74) is -0.314. The SMILES string of the molecule is CCOC(=O)c1c(Cl)ccnc1F. The summed E-state index contributed by atoms with van der Waals surface area (Å²) >= 11 is 5.58. The van der Waals surface area contributed by atoms with E-state index in [0.29, 0.717) is 0 Å². The minimum Gasteiger partial charge on any atom is -0.462 e. The Morgan fingerprint density at radius 3 is 3.00 bits per heavy atom. The predicted octanol–water partition coefficient (Wildman–Crippen LogP) is 2.05. The maximum atomic E-state index is 12.9. The van der Waals surface area contributed by atoms with Gasteiger partial charge < -0.3 is 4.74 Å². The smallest absolute Gasteiger partial charge is 0.344 e. The molecule has 1 aromatic heterocycles. The third-order valence-electron chi connectivity index (χ3n) is 1.33. The summed E-state index contributed by atoms with van der Waals surface area (Å²) in [7, 11) is 0. The molecule has 0 fully saturated rings. The average Bonchev–Trinajstić information content (AvgIpc) is 2.04. The van der Waals surface area contributed by atoms with E-state index < -0.39 is 11.9 Å². The van der Waals surface area contributed by atoms with Crippen molar-refractivity contribution in [3.05, 3.63) is 28.8 Å². The number of ether oxygens (including phenoxy) is 1. The second kappa shape index (κ2) is 4.18. The van der Waals surface area contributed by atoms with Crippen LogP contribution in [0.4, 0.5) is 4.39 Å². The van der Waals surface area contributed by atoms with Crippen molar-refractivity contribution in [3.63, 3.8) is 0 Å². The standard InChI is InChI=1S/C8H7ClFNO2/c1-2-13-8(12)6-5(9)3-4-11-7(6)10/h3-4H,2H2,1H3. The molecule has 0 radical (unpaired) electrons. The number of carbonyl (C=O) groups excluding carboxylic acids is 1. The Kier molecular flexibility index (Phi) is 3.19. The first-order valence-electron chi connectivity index (χ1n) is 3.64. The summed E-state index contributed by atoms with van der Waals surface area (Å²) < 4.78 is 17.5. The van der Waals surface area contributed by atoms with Crippen molar-refractivity contribution < 1.29 is 13.9 Å². The maximum Gasteiger partial charge on any atom is 0.344 e. The van der Waals surface area contributed by atoms with Crippen LogP contribution in [0.25, 0.3) is 0 Å². The molecule has 5 heteroatoms. The molecular formula is C8H7ClFNO2. The molecule has 0 aliphatic carbocycles. The van der Waals surface area contributed by atoms with Crippen LogP contribution in [0.1, 0.15) is 17.3 Å². The number of hydrogen-bond acceptors (Lipinski definition) is 3. The van der Waals surface area contributed by atoms with Gasteiger partial charge in [-0.2, -0.15) is 4.39 Å². The quantitative estimate of drug-likeness (QED) is 0.546. The third-order valence-corrected chi connectivity index (χ3v) is 1.65. The molecule has 13 heavy (non-hydrogen) atoms. The molecule has 0 saturated heterocycles. The molecule has 1 rings (SSSR count). The zero-order chi connectivity index (χ0) is 9.84. The molecule has 3 nitrogen and oxygen atoms in total. The number of carbonyl (C=O) groups is 1. The Hall–Kier alpha value is -1.16. The lowest BCUT2D eigenvalue weighted by Crippen LogP contribution is -2.09. The highest BCUT2D eigenvalue weighted by Gasteiger charge is 2.17. The maximum absolute atomic E-state index is 12.9. The zero-order valence-electron chi connectivity index (χ0n) is 6.88. The van der Waals surface area contributed by atoms with Gasteiger partial charge in [-0.1, -0.05) is 11.6 Å². The topological polar surface area (TPSA) is 39.2 Å². The van der Waals surface area contributed by atoms with Crippen molar-refractivity contribution in [1.82, 2.24) is 4.98 Å². The first kappa shape index (κ1) is 9.92. The Bertz CT molecular complexity index is 310. The number of halogens is 2. The van der Waals surface area contributed by atoms with Crippen molar-refractivity contribution in [3.8, 4) is 0 Å². The largest absolute Gasteiger partial charge is 0.462 e. The molecule has 1 heterocycles. The van der Waals surface area contributed by atoms with Crippen LogP contribution in [0.3, 0.4) is 0 Å². The molecule has 0 amide bonds.